The lowest BCUT2D eigenvalue weighted by atomic mass is 9.97. The monoisotopic (exact) mass is 624 g/mol. The van der Waals surface area contributed by atoms with Gasteiger partial charge in [-0.25, -0.2) is 14.6 Å². The van der Waals surface area contributed by atoms with E-state index in [1.54, 1.807) is 29.3 Å². The molecular weight excluding hydrogens is 596 g/mol. The van der Waals surface area contributed by atoms with Crippen molar-refractivity contribution in [3.05, 3.63) is 85.1 Å². The van der Waals surface area contributed by atoms with Gasteiger partial charge in [0.25, 0.3) is 17.0 Å². The van der Waals surface area contributed by atoms with Crippen molar-refractivity contribution < 1.29 is 14.3 Å². The Bertz CT molecular complexity index is 2080. The summed E-state index contributed by atoms with van der Waals surface area (Å²) in [5.74, 6) is 0.283. The quantitative estimate of drug-likeness (QED) is 0.279. The van der Waals surface area contributed by atoms with Crippen molar-refractivity contribution in [1.82, 2.24) is 34.4 Å². The van der Waals surface area contributed by atoms with Gasteiger partial charge in [-0.2, -0.15) is 14.9 Å². The predicted octanol–water partition coefficient (Wildman–Crippen LogP) is 2.91. The number of thiophene rings is 1. The lowest BCUT2D eigenvalue weighted by Crippen LogP contribution is -2.40. The Hall–Kier alpha value is -5.08. The topological polar surface area (TPSA) is 154 Å². The summed E-state index contributed by atoms with van der Waals surface area (Å²) >= 11 is 1.48. The number of ether oxygens (including phenoxy) is 1. The Labute approximate surface area is 260 Å². The van der Waals surface area contributed by atoms with Crippen molar-refractivity contribution in [3.8, 4) is 17.1 Å². The zero-order chi connectivity index (χ0) is 31.1. The van der Waals surface area contributed by atoms with E-state index in [9.17, 15) is 19.2 Å². The second kappa shape index (κ2) is 11.8. The molecule has 0 aromatic carbocycles. The highest BCUT2D eigenvalue weighted by molar-refractivity contribution is 7.19. The fourth-order valence-corrected chi connectivity index (χ4v) is 7.07. The summed E-state index contributed by atoms with van der Waals surface area (Å²) in [6.07, 6.45) is 9.27. The molecule has 0 atom stereocenters. The highest BCUT2D eigenvalue weighted by Crippen LogP contribution is 2.34. The first kappa shape index (κ1) is 28.7. The number of nitrogens with zero attached hydrogens (tertiary/aromatic N) is 7. The van der Waals surface area contributed by atoms with Crippen molar-refractivity contribution in [3.63, 3.8) is 0 Å². The van der Waals surface area contributed by atoms with E-state index in [0.29, 0.717) is 59.9 Å². The average Bonchev–Trinajstić information content (AvgIpc) is 3.47. The molecule has 1 fully saturated rings. The number of rotatable bonds is 6. The molecule has 1 aliphatic carbocycles. The summed E-state index contributed by atoms with van der Waals surface area (Å²) in [6.45, 7) is 2.03. The molecule has 1 amide bonds. The summed E-state index contributed by atoms with van der Waals surface area (Å²) in [5, 5.41) is 12.7. The van der Waals surface area contributed by atoms with Crippen LogP contribution in [-0.4, -0.2) is 72.9 Å². The Morgan fingerprint density at radius 1 is 1.04 bits per heavy atom. The second-order valence-electron chi connectivity index (χ2n) is 10.9. The number of hydrogen-bond acceptors (Lipinski definition) is 11. The molecule has 0 radical (unpaired) electrons. The molecule has 0 spiro atoms. The molecule has 228 valence electrons. The molecule has 0 unspecified atom stereocenters. The number of aromatic nitrogens is 6. The summed E-state index contributed by atoms with van der Waals surface area (Å²) < 4.78 is 8.21. The van der Waals surface area contributed by atoms with Crippen LogP contribution in [0.3, 0.4) is 0 Å². The van der Waals surface area contributed by atoms with Crippen molar-refractivity contribution in [2.75, 3.05) is 31.6 Å². The van der Waals surface area contributed by atoms with Gasteiger partial charge in [0.05, 0.1) is 36.2 Å². The Morgan fingerprint density at radius 2 is 1.87 bits per heavy atom. The second-order valence-corrected chi connectivity index (χ2v) is 12.0. The molecule has 7 rings (SSSR count). The molecule has 6 heterocycles. The molecule has 14 heteroatoms. The zero-order valence-electron chi connectivity index (χ0n) is 24.4. The molecule has 13 nitrogen and oxygen atoms in total. The maximum Gasteiger partial charge on any atom is 0.290 e. The van der Waals surface area contributed by atoms with E-state index in [0.717, 1.165) is 40.4 Å². The molecular formula is C31H28N8O5S. The van der Waals surface area contributed by atoms with Gasteiger partial charge in [-0.3, -0.25) is 19.2 Å². The van der Waals surface area contributed by atoms with Crippen LogP contribution in [0.15, 0.2) is 52.4 Å². The molecule has 1 aliphatic heterocycles. The van der Waals surface area contributed by atoms with Crippen molar-refractivity contribution >= 4 is 45.1 Å². The standard InChI is InChI=1S/C31H28N8O5S/c1-37-30(42)24(35-26-7-6-18(15-33-26)29(41)38-10-12-44-13-11-38)14-23(36-37)19-8-9-32-28(22(19)17-40)39-31(43)27-21(16-34-39)20-4-2-3-5-25(20)45-27/h6-9,14-17H,2-5,10-13H2,1H3,(H,33,35). The number of fused-ring (bicyclic) bond motifs is 3. The van der Waals surface area contributed by atoms with Gasteiger partial charge in [-0.1, -0.05) is 0 Å². The van der Waals surface area contributed by atoms with Crippen LogP contribution in [0.1, 0.15) is 44.0 Å². The minimum atomic E-state index is -0.430. The Kier molecular flexibility index (Phi) is 7.51. The largest absolute Gasteiger partial charge is 0.378 e. The number of anilines is 2. The number of hydrogen-bond donors (Lipinski definition) is 1. The summed E-state index contributed by atoms with van der Waals surface area (Å²) in [4.78, 5) is 63.6. The average molecular weight is 625 g/mol. The van der Waals surface area contributed by atoms with Gasteiger partial charge in [-0.05, 0) is 55.5 Å². The van der Waals surface area contributed by atoms with E-state index in [1.165, 1.54) is 47.3 Å². The van der Waals surface area contributed by atoms with Crippen LogP contribution >= 0.6 is 11.3 Å². The minimum Gasteiger partial charge on any atom is -0.378 e. The third kappa shape index (κ3) is 5.21. The lowest BCUT2D eigenvalue weighted by molar-refractivity contribution is 0.0302. The molecule has 2 aliphatic rings. The van der Waals surface area contributed by atoms with Crippen LogP contribution in [0.25, 0.3) is 27.2 Å². The molecule has 1 N–H and O–H groups in total. The van der Waals surface area contributed by atoms with Gasteiger partial charge < -0.3 is 15.0 Å². The molecule has 0 bridgehead atoms. The lowest BCUT2D eigenvalue weighted by Gasteiger charge is -2.26. The number of morpholine rings is 1. The van der Waals surface area contributed by atoms with Crippen LogP contribution in [0.5, 0.6) is 0 Å². The van der Waals surface area contributed by atoms with Crippen LogP contribution in [0.2, 0.25) is 0 Å². The molecule has 5 aromatic rings. The minimum absolute atomic E-state index is 0.0770. The predicted molar refractivity (Wildman–Crippen MR) is 168 cm³/mol. The van der Waals surface area contributed by atoms with E-state index in [-0.39, 0.29) is 28.5 Å². The first-order chi connectivity index (χ1) is 21.9. The summed E-state index contributed by atoms with van der Waals surface area (Å²) in [5.41, 5.74) is 1.77. The number of nitrogens with one attached hydrogen (secondary N) is 1. The van der Waals surface area contributed by atoms with Gasteiger partial charge in [0.1, 0.15) is 16.2 Å². The van der Waals surface area contributed by atoms with Gasteiger partial charge in [0.2, 0.25) is 0 Å². The number of pyridine rings is 2. The maximum atomic E-state index is 13.6. The molecule has 1 saturated heterocycles. The fourth-order valence-electron chi connectivity index (χ4n) is 5.78. The highest BCUT2D eigenvalue weighted by atomic mass is 32.1. The number of carbonyl (C=O) groups is 2. The van der Waals surface area contributed by atoms with Gasteiger partial charge in [0, 0.05) is 48.4 Å². The van der Waals surface area contributed by atoms with E-state index < -0.39 is 5.56 Å². The number of aldehydes is 1. The Morgan fingerprint density at radius 3 is 2.64 bits per heavy atom. The summed E-state index contributed by atoms with van der Waals surface area (Å²) in [7, 11) is 1.50. The summed E-state index contributed by atoms with van der Waals surface area (Å²) in [6, 6.07) is 6.37. The number of aryl methyl sites for hydroxylation is 3. The number of amides is 1. The van der Waals surface area contributed by atoms with Crippen molar-refractivity contribution in [2.45, 2.75) is 25.7 Å². The van der Waals surface area contributed by atoms with Gasteiger partial charge in [0.15, 0.2) is 12.1 Å². The van der Waals surface area contributed by atoms with E-state index in [4.69, 9.17) is 4.74 Å². The van der Waals surface area contributed by atoms with Gasteiger partial charge >= 0.3 is 0 Å². The molecule has 45 heavy (non-hydrogen) atoms. The third-order valence-electron chi connectivity index (χ3n) is 8.10. The fraction of sp³-hybridized carbons (Fsp3) is 0.290. The van der Waals surface area contributed by atoms with E-state index in [1.807, 2.05) is 0 Å². The SMILES string of the molecule is Cn1nc(-c2ccnc(-n3ncc4c5c(sc4c3=O)CCCC5)c2C=O)cc(Nc2ccc(C(=O)N3CCOCC3)cn2)c1=O. The van der Waals surface area contributed by atoms with Crippen LogP contribution in [-0.2, 0) is 24.6 Å². The number of carbonyl (C=O) groups excluding carboxylic acids is 2. The first-order valence-corrected chi connectivity index (χ1v) is 15.4. The molecule has 5 aromatic heterocycles. The third-order valence-corrected chi connectivity index (χ3v) is 9.39. The normalized spacial score (nSPS) is 14.7. The zero-order valence-corrected chi connectivity index (χ0v) is 25.2. The van der Waals surface area contributed by atoms with Crippen LogP contribution < -0.4 is 16.4 Å². The van der Waals surface area contributed by atoms with E-state index >= 15 is 0 Å². The van der Waals surface area contributed by atoms with Crippen molar-refractivity contribution in [2.24, 2.45) is 7.05 Å². The highest BCUT2D eigenvalue weighted by Gasteiger charge is 2.23. The van der Waals surface area contributed by atoms with Crippen LogP contribution in [0.4, 0.5) is 11.5 Å². The maximum absolute atomic E-state index is 13.6. The van der Waals surface area contributed by atoms with Crippen LogP contribution in [0, 0.1) is 0 Å². The molecule has 0 saturated carbocycles. The first-order valence-electron chi connectivity index (χ1n) is 14.6. The van der Waals surface area contributed by atoms with Crippen molar-refractivity contribution in [1.29, 1.82) is 0 Å². The van der Waals surface area contributed by atoms with Gasteiger partial charge in [-0.15, -0.1) is 11.3 Å². The van der Waals surface area contributed by atoms with E-state index in [2.05, 4.69) is 25.5 Å². The Balaban J connectivity index is 1.23. The smallest absolute Gasteiger partial charge is 0.290 e.